The maximum atomic E-state index is 4.72. The number of piperazine rings is 1. The van der Waals surface area contributed by atoms with Crippen molar-refractivity contribution < 1.29 is 0 Å². The van der Waals surface area contributed by atoms with Crippen molar-refractivity contribution in [3.63, 3.8) is 0 Å². The van der Waals surface area contributed by atoms with Crippen LogP contribution in [-0.2, 0) is 13.1 Å². The summed E-state index contributed by atoms with van der Waals surface area (Å²) in [5, 5.41) is 7.72. The third-order valence-electron chi connectivity index (χ3n) is 4.48. The first kappa shape index (κ1) is 19.6. The summed E-state index contributed by atoms with van der Waals surface area (Å²) in [5.41, 5.74) is 1.17. The Bertz CT molecular complexity index is 750. The van der Waals surface area contributed by atoms with Gasteiger partial charge in [-0.2, -0.15) is 0 Å². The van der Waals surface area contributed by atoms with Gasteiger partial charge < -0.3 is 20.4 Å². The summed E-state index contributed by atoms with van der Waals surface area (Å²) in [6, 6.07) is 4.19. The summed E-state index contributed by atoms with van der Waals surface area (Å²) in [6.07, 6.45) is 3.79. The number of aliphatic imine (C=N–C) groups is 1. The summed E-state index contributed by atoms with van der Waals surface area (Å²) >= 11 is 1.71. The standard InChI is InChI=1S/C19H29N7S/c1-4-20-19(24-14-18-22-12-15(2)27-18)23-13-16-5-6-21-17(11-16)26-9-7-25(3)8-10-26/h5-6,11-12H,4,7-10,13-14H2,1-3H3,(H2,20,23,24). The Morgan fingerprint density at radius 3 is 2.74 bits per heavy atom. The van der Waals surface area contributed by atoms with Gasteiger partial charge in [0.05, 0.1) is 13.1 Å². The number of likely N-dealkylation sites (N-methyl/N-ethyl adjacent to an activating group) is 1. The van der Waals surface area contributed by atoms with Gasteiger partial charge in [-0.05, 0) is 38.6 Å². The van der Waals surface area contributed by atoms with Crippen LogP contribution in [0, 0.1) is 6.92 Å². The predicted octanol–water partition coefficient (Wildman–Crippen LogP) is 1.85. The molecule has 1 aliphatic rings. The van der Waals surface area contributed by atoms with Gasteiger partial charge in [-0.25, -0.2) is 15.0 Å². The zero-order chi connectivity index (χ0) is 19.1. The van der Waals surface area contributed by atoms with Gasteiger partial charge in [0.15, 0.2) is 5.96 Å². The Morgan fingerprint density at radius 2 is 2.04 bits per heavy atom. The van der Waals surface area contributed by atoms with Gasteiger partial charge in [-0.1, -0.05) is 0 Å². The molecule has 2 aromatic heterocycles. The molecule has 0 unspecified atom stereocenters. The molecule has 8 heteroatoms. The number of guanidine groups is 1. The lowest BCUT2D eigenvalue weighted by molar-refractivity contribution is 0.312. The second kappa shape index (κ2) is 9.66. The molecule has 3 rings (SSSR count). The molecule has 27 heavy (non-hydrogen) atoms. The molecule has 0 spiro atoms. The van der Waals surface area contributed by atoms with Gasteiger partial charge in [0.1, 0.15) is 10.8 Å². The van der Waals surface area contributed by atoms with E-state index in [-0.39, 0.29) is 0 Å². The fraction of sp³-hybridized carbons (Fsp3) is 0.526. The second-order valence-electron chi connectivity index (χ2n) is 6.73. The Kier molecular flexibility index (Phi) is 7.00. The van der Waals surface area contributed by atoms with Crippen molar-refractivity contribution in [2.45, 2.75) is 26.9 Å². The summed E-state index contributed by atoms with van der Waals surface area (Å²) in [4.78, 5) is 19.6. The SMILES string of the molecule is CCNC(=NCc1ccnc(N2CCN(C)CC2)c1)NCc1ncc(C)s1. The molecule has 146 valence electrons. The highest BCUT2D eigenvalue weighted by atomic mass is 32.1. The number of pyridine rings is 1. The molecule has 0 atom stereocenters. The highest BCUT2D eigenvalue weighted by Gasteiger charge is 2.15. The van der Waals surface area contributed by atoms with E-state index < -0.39 is 0 Å². The lowest BCUT2D eigenvalue weighted by Gasteiger charge is -2.33. The highest BCUT2D eigenvalue weighted by molar-refractivity contribution is 7.11. The van der Waals surface area contributed by atoms with E-state index in [0.29, 0.717) is 13.1 Å². The number of aryl methyl sites for hydroxylation is 1. The van der Waals surface area contributed by atoms with E-state index in [9.17, 15) is 0 Å². The molecular weight excluding hydrogens is 358 g/mol. The zero-order valence-corrected chi connectivity index (χ0v) is 17.2. The van der Waals surface area contributed by atoms with Crippen LogP contribution in [0.2, 0.25) is 0 Å². The van der Waals surface area contributed by atoms with Crippen LogP contribution in [0.4, 0.5) is 5.82 Å². The molecule has 0 saturated carbocycles. The van der Waals surface area contributed by atoms with Crippen LogP contribution in [0.1, 0.15) is 22.4 Å². The minimum Gasteiger partial charge on any atom is -0.357 e. The number of hydrogen-bond acceptors (Lipinski definition) is 6. The number of rotatable bonds is 6. The highest BCUT2D eigenvalue weighted by Crippen LogP contribution is 2.15. The Hall–Kier alpha value is -2.19. The van der Waals surface area contributed by atoms with Crippen LogP contribution in [0.15, 0.2) is 29.5 Å². The number of nitrogens with zero attached hydrogens (tertiary/aromatic N) is 5. The molecule has 0 radical (unpaired) electrons. The molecule has 1 fully saturated rings. The third kappa shape index (κ3) is 5.90. The van der Waals surface area contributed by atoms with Crippen LogP contribution >= 0.6 is 11.3 Å². The van der Waals surface area contributed by atoms with E-state index in [0.717, 1.165) is 49.5 Å². The fourth-order valence-corrected chi connectivity index (χ4v) is 3.65. The first-order valence-corrected chi connectivity index (χ1v) is 10.3. The van der Waals surface area contributed by atoms with E-state index in [4.69, 9.17) is 4.99 Å². The molecule has 0 amide bonds. The van der Waals surface area contributed by atoms with Crippen LogP contribution in [0.5, 0.6) is 0 Å². The predicted molar refractivity (Wildman–Crippen MR) is 112 cm³/mol. The van der Waals surface area contributed by atoms with Gasteiger partial charge in [0.25, 0.3) is 0 Å². The molecule has 1 aliphatic heterocycles. The summed E-state index contributed by atoms with van der Waals surface area (Å²) in [6.45, 7) is 10.5. The quantitative estimate of drug-likeness (QED) is 0.582. The average molecular weight is 388 g/mol. The van der Waals surface area contributed by atoms with Crippen LogP contribution in [0.3, 0.4) is 0 Å². The summed E-state index contributed by atoms with van der Waals surface area (Å²) in [7, 11) is 2.16. The Labute approximate surface area is 165 Å². The van der Waals surface area contributed by atoms with Gasteiger partial charge >= 0.3 is 0 Å². The van der Waals surface area contributed by atoms with Crippen molar-refractivity contribution in [2.24, 2.45) is 4.99 Å². The lowest BCUT2D eigenvalue weighted by atomic mass is 10.2. The molecule has 2 N–H and O–H groups in total. The monoisotopic (exact) mass is 387 g/mol. The van der Waals surface area contributed by atoms with E-state index >= 15 is 0 Å². The number of nitrogens with one attached hydrogen (secondary N) is 2. The minimum absolute atomic E-state index is 0.621. The zero-order valence-electron chi connectivity index (χ0n) is 16.4. The van der Waals surface area contributed by atoms with E-state index in [1.807, 2.05) is 18.5 Å². The summed E-state index contributed by atoms with van der Waals surface area (Å²) in [5.74, 6) is 1.86. The van der Waals surface area contributed by atoms with Crippen molar-refractivity contribution in [2.75, 3.05) is 44.7 Å². The van der Waals surface area contributed by atoms with Crippen molar-refractivity contribution in [3.05, 3.63) is 40.0 Å². The van der Waals surface area contributed by atoms with Crippen molar-refractivity contribution in [1.82, 2.24) is 25.5 Å². The average Bonchev–Trinajstić information content (AvgIpc) is 3.10. The normalized spacial score (nSPS) is 15.8. The Balaban J connectivity index is 1.60. The van der Waals surface area contributed by atoms with Gasteiger partial charge in [0, 0.05) is 50.0 Å². The topological polar surface area (TPSA) is 68.7 Å². The van der Waals surface area contributed by atoms with Gasteiger partial charge in [0.2, 0.25) is 0 Å². The third-order valence-corrected chi connectivity index (χ3v) is 5.39. The molecule has 0 aliphatic carbocycles. The minimum atomic E-state index is 0.621. The number of thiazole rings is 1. The molecule has 0 aromatic carbocycles. The molecule has 3 heterocycles. The molecule has 0 bridgehead atoms. The molecule has 1 saturated heterocycles. The lowest BCUT2D eigenvalue weighted by Crippen LogP contribution is -2.44. The van der Waals surface area contributed by atoms with E-state index in [1.54, 1.807) is 11.3 Å². The van der Waals surface area contributed by atoms with Crippen molar-refractivity contribution in [3.8, 4) is 0 Å². The first-order valence-electron chi connectivity index (χ1n) is 9.46. The number of aromatic nitrogens is 2. The van der Waals surface area contributed by atoms with Crippen LogP contribution in [-0.4, -0.2) is 60.6 Å². The Morgan fingerprint density at radius 1 is 1.22 bits per heavy atom. The van der Waals surface area contributed by atoms with Gasteiger partial charge in [-0.3, -0.25) is 0 Å². The largest absolute Gasteiger partial charge is 0.357 e. The van der Waals surface area contributed by atoms with E-state index in [1.165, 1.54) is 10.4 Å². The van der Waals surface area contributed by atoms with Crippen LogP contribution in [0.25, 0.3) is 0 Å². The smallest absolute Gasteiger partial charge is 0.191 e. The maximum absolute atomic E-state index is 4.72. The number of hydrogen-bond donors (Lipinski definition) is 2. The maximum Gasteiger partial charge on any atom is 0.191 e. The van der Waals surface area contributed by atoms with Crippen LogP contribution < -0.4 is 15.5 Å². The fourth-order valence-electron chi connectivity index (χ4n) is 2.92. The molecule has 7 nitrogen and oxygen atoms in total. The van der Waals surface area contributed by atoms with Crippen molar-refractivity contribution >= 4 is 23.1 Å². The van der Waals surface area contributed by atoms with E-state index in [2.05, 4.69) is 57.4 Å². The second-order valence-corrected chi connectivity index (χ2v) is 8.05. The first-order chi connectivity index (χ1) is 13.1. The van der Waals surface area contributed by atoms with Gasteiger partial charge in [-0.15, -0.1) is 11.3 Å². The molecule has 2 aromatic rings. The summed E-state index contributed by atoms with van der Waals surface area (Å²) < 4.78 is 0. The number of anilines is 1. The molecular formula is C19H29N7S. The van der Waals surface area contributed by atoms with Crippen molar-refractivity contribution in [1.29, 1.82) is 0 Å².